The van der Waals surface area contributed by atoms with Crippen molar-refractivity contribution in [2.24, 2.45) is 0 Å². The minimum absolute atomic E-state index is 0.149. The number of halogens is 1. The van der Waals surface area contributed by atoms with Crippen molar-refractivity contribution < 1.29 is 9.53 Å². The number of hydrogen-bond acceptors (Lipinski definition) is 4. The normalized spacial score (nSPS) is 11.0. The van der Waals surface area contributed by atoms with Crippen molar-refractivity contribution in [3.63, 3.8) is 0 Å². The summed E-state index contributed by atoms with van der Waals surface area (Å²) in [6.07, 6.45) is 10.4. The number of anilines is 1. The van der Waals surface area contributed by atoms with Gasteiger partial charge in [0, 0.05) is 23.8 Å². The lowest BCUT2D eigenvalue weighted by atomic mass is 10.1. The van der Waals surface area contributed by atoms with Crippen LogP contribution in [0, 0.1) is 6.92 Å². The summed E-state index contributed by atoms with van der Waals surface area (Å²) in [7, 11) is 0. The molecule has 0 aliphatic rings. The van der Waals surface area contributed by atoms with Gasteiger partial charge < -0.3 is 10.1 Å². The second kappa shape index (κ2) is 15.5. The molecular weight excluding hydrogens is 466 g/mol. The Morgan fingerprint density at radius 1 is 0.857 bits per heavy atom. The highest BCUT2D eigenvalue weighted by atomic mass is 35.5. The zero-order chi connectivity index (χ0) is 25.6. The molecule has 1 aromatic heterocycles. The van der Waals surface area contributed by atoms with Crippen LogP contribution in [0.1, 0.15) is 83.7 Å². The van der Waals surface area contributed by atoms with Crippen molar-refractivity contribution in [3.05, 3.63) is 55.8 Å². The molecule has 0 saturated heterocycles. The summed E-state index contributed by atoms with van der Waals surface area (Å²) in [4.78, 5) is 39.1. The molecular formula is C27H40ClN3O4. The number of carbonyl (C=O) groups excluding carboxylic acids is 1. The van der Waals surface area contributed by atoms with E-state index in [2.05, 4.69) is 19.2 Å². The van der Waals surface area contributed by atoms with Gasteiger partial charge in [0.1, 0.15) is 11.4 Å². The van der Waals surface area contributed by atoms with Gasteiger partial charge in [0.25, 0.3) is 11.5 Å². The predicted octanol–water partition coefficient (Wildman–Crippen LogP) is 5.93. The number of nitrogens with one attached hydrogen (secondary N) is 1. The standard InChI is InChI=1S/C27H40ClN3O4/c1-4-6-8-10-12-18-30-21(3)25(26(33)31(27(30)34)19-13-11-9-7-5-2)29-24(32)20-35-23-16-14-22(28)15-17-23/h14-17H,4-13,18-20H2,1-3H3,(H,29,32). The number of benzene rings is 1. The number of carbonyl (C=O) groups is 1. The molecule has 0 spiro atoms. The SMILES string of the molecule is CCCCCCCn1c(C)c(NC(=O)COc2ccc(Cl)cc2)c(=O)n(CCCCCCC)c1=O. The fourth-order valence-electron chi connectivity index (χ4n) is 4.01. The summed E-state index contributed by atoms with van der Waals surface area (Å²) < 4.78 is 8.43. The van der Waals surface area contributed by atoms with E-state index >= 15 is 0 Å². The highest BCUT2D eigenvalue weighted by Crippen LogP contribution is 2.16. The largest absolute Gasteiger partial charge is 0.484 e. The molecule has 1 N–H and O–H groups in total. The van der Waals surface area contributed by atoms with Crippen molar-refractivity contribution in [1.29, 1.82) is 0 Å². The Morgan fingerprint density at radius 2 is 1.40 bits per heavy atom. The lowest BCUT2D eigenvalue weighted by molar-refractivity contribution is -0.118. The minimum Gasteiger partial charge on any atom is -0.484 e. The molecule has 0 saturated carbocycles. The first-order valence-electron chi connectivity index (χ1n) is 12.9. The van der Waals surface area contributed by atoms with Crippen molar-refractivity contribution in [2.45, 2.75) is 98.1 Å². The van der Waals surface area contributed by atoms with Gasteiger partial charge >= 0.3 is 5.69 Å². The van der Waals surface area contributed by atoms with E-state index in [0.717, 1.165) is 57.8 Å². The summed E-state index contributed by atoms with van der Waals surface area (Å²) in [6, 6.07) is 6.69. The summed E-state index contributed by atoms with van der Waals surface area (Å²) in [5, 5.41) is 3.28. The summed E-state index contributed by atoms with van der Waals surface area (Å²) >= 11 is 5.88. The first kappa shape index (κ1) is 28.7. The fraction of sp³-hybridized carbons (Fsp3) is 0.593. The van der Waals surface area contributed by atoms with Crippen molar-refractivity contribution in [2.75, 3.05) is 11.9 Å². The minimum atomic E-state index is -0.456. The quantitative estimate of drug-likeness (QED) is 0.286. The molecule has 2 rings (SSSR count). The molecule has 0 aliphatic heterocycles. The van der Waals surface area contributed by atoms with Crippen LogP contribution in [-0.4, -0.2) is 21.6 Å². The van der Waals surface area contributed by atoms with E-state index in [4.69, 9.17) is 16.3 Å². The lowest BCUT2D eigenvalue weighted by Gasteiger charge is -2.18. The van der Waals surface area contributed by atoms with Gasteiger partial charge in [-0.2, -0.15) is 0 Å². The van der Waals surface area contributed by atoms with Gasteiger partial charge in [-0.25, -0.2) is 4.79 Å². The fourth-order valence-corrected chi connectivity index (χ4v) is 4.13. The first-order valence-corrected chi connectivity index (χ1v) is 13.3. The molecule has 2 aromatic rings. The van der Waals surface area contributed by atoms with Crippen LogP contribution in [-0.2, 0) is 17.9 Å². The Morgan fingerprint density at radius 3 is 1.97 bits per heavy atom. The Bertz CT molecular complexity index is 1040. The Balaban J connectivity index is 2.20. The van der Waals surface area contributed by atoms with Crippen molar-refractivity contribution in [3.8, 4) is 5.75 Å². The van der Waals surface area contributed by atoms with Gasteiger partial charge in [-0.1, -0.05) is 76.8 Å². The number of unbranched alkanes of at least 4 members (excludes halogenated alkanes) is 8. The molecule has 0 fully saturated rings. The maximum atomic E-state index is 13.2. The first-order chi connectivity index (χ1) is 16.9. The highest BCUT2D eigenvalue weighted by molar-refractivity contribution is 6.30. The lowest BCUT2D eigenvalue weighted by Crippen LogP contribution is -2.43. The van der Waals surface area contributed by atoms with Gasteiger partial charge in [-0.05, 0) is 44.0 Å². The maximum Gasteiger partial charge on any atom is 0.331 e. The molecule has 0 bridgehead atoms. The third-order valence-electron chi connectivity index (χ3n) is 6.11. The molecule has 194 valence electrons. The monoisotopic (exact) mass is 505 g/mol. The van der Waals surface area contributed by atoms with Crippen LogP contribution in [0.15, 0.2) is 33.9 Å². The van der Waals surface area contributed by atoms with Gasteiger partial charge in [0.05, 0.1) is 0 Å². The topological polar surface area (TPSA) is 82.3 Å². The smallest absolute Gasteiger partial charge is 0.331 e. The summed E-state index contributed by atoms with van der Waals surface area (Å²) in [5.41, 5.74) is -0.118. The number of rotatable bonds is 16. The zero-order valence-corrected chi connectivity index (χ0v) is 22.2. The second-order valence-electron chi connectivity index (χ2n) is 8.97. The molecule has 0 atom stereocenters. The van der Waals surface area contributed by atoms with Gasteiger partial charge in [-0.3, -0.25) is 18.7 Å². The molecule has 0 unspecified atom stereocenters. The van der Waals surface area contributed by atoms with E-state index in [1.54, 1.807) is 35.8 Å². The van der Waals surface area contributed by atoms with Crippen LogP contribution >= 0.6 is 11.6 Å². The predicted molar refractivity (Wildman–Crippen MR) is 143 cm³/mol. The molecule has 1 heterocycles. The number of ether oxygens (including phenoxy) is 1. The van der Waals surface area contributed by atoms with Crippen LogP contribution in [0.2, 0.25) is 5.02 Å². The molecule has 1 amide bonds. The Labute approximate surface area is 213 Å². The number of nitrogens with zero attached hydrogens (tertiary/aromatic N) is 2. The number of aromatic nitrogens is 2. The average molecular weight is 506 g/mol. The van der Waals surface area contributed by atoms with Crippen LogP contribution in [0.5, 0.6) is 5.75 Å². The average Bonchev–Trinajstić information content (AvgIpc) is 2.85. The zero-order valence-electron chi connectivity index (χ0n) is 21.4. The molecule has 0 aliphatic carbocycles. The molecule has 35 heavy (non-hydrogen) atoms. The van der Waals surface area contributed by atoms with Gasteiger partial charge in [0.15, 0.2) is 6.61 Å². The molecule has 8 heteroatoms. The second-order valence-corrected chi connectivity index (χ2v) is 9.41. The highest BCUT2D eigenvalue weighted by Gasteiger charge is 2.18. The Hall–Kier alpha value is -2.54. The van der Waals surface area contributed by atoms with E-state index in [1.165, 1.54) is 11.0 Å². The number of hydrogen-bond donors (Lipinski definition) is 1. The third kappa shape index (κ3) is 9.21. The van der Waals surface area contributed by atoms with E-state index in [9.17, 15) is 14.4 Å². The van der Waals surface area contributed by atoms with Crippen molar-refractivity contribution in [1.82, 2.24) is 9.13 Å². The van der Waals surface area contributed by atoms with E-state index in [0.29, 0.717) is 29.6 Å². The molecule has 0 radical (unpaired) electrons. The van der Waals surface area contributed by atoms with E-state index in [1.807, 2.05) is 0 Å². The van der Waals surface area contributed by atoms with Crippen LogP contribution in [0.3, 0.4) is 0 Å². The molecule has 7 nitrogen and oxygen atoms in total. The maximum absolute atomic E-state index is 13.2. The summed E-state index contributed by atoms with van der Waals surface area (Å²) in [6.45, 7) is 6.64. The third-order valence-corrected chi connectivity index (χ3v) is 6.36. The Kier molecular flexibility index (Phi) is 12.7. The van der Waals surface area contributed by atoms with Crippen LogP contribution < -0.4 is 21.3 Å². The van der Waals surface area contributed by atoms with Crippen LogP contribution in [0.25, 0.3) is 0 Å². The van der Waals surface area contributed by atoms with E-state index in [-0.39, 0.29) is 18.0 Å². The van der Waals surface area contributed by atoms with Gasteiger partial charge in [0.2, 0.25) is 0 Å². The van der Waals surface area contributed by atoms with E-state index < -0.39 is 11.5 Å². The number of amides is 1. The summed E-state index contributed by atoms with van der Waals surface area (Å²) in [5.74, 6) is 0.0469. The molecule has 1 aromatic carbocycles. The van der Waals surface area contributed by atoms with Crippen LogP contribution in [0.4, 0.5) is 5.69 Å². The van der Waals surface area contributed by atoms with Gasteiger partial charge in [-0.15, -0.1) is 0 Å². The van der Waals surface area contributed by atoms with Crippen molar-refractivity contribution >= 4 is 23.2 Å².